The van der Waals surface area contributed by atoms with E-state index in [2.05, 4.69) is 10.6 Å². The van der Waals surface area contributed by atoms with E-state index in [1.165, 1.54) is 9.78 Å². The SMILES string of the molecule is O=C(NCCc1cccs1)[C@H]1C[C@H](O)CN1C(=O)Nc1ccccc1. The van der Waals surface area contributed by atoms with Gasteiger partial charge in [-0.2, -0.15) is 0 Å². The Labute approximate surface area is 150 Å². The largest absolute Gasteiger partial charge is 0.391 e. The highest BCUT2D eigenvalue weighted by molar-refractivity contribution is 7.09. The van der Waals surface area contributed by atoms with Crippen LogP contribution in [0.1, 0.15) is 11.3 Å². The van der Waals surface area contributed by atoms with Crippen molar-refractivity contribution in [2.45, 2.75) is 25.0 Å². The van der Waals surface area contributed by atoms with E-state index in [4.69, 9.17) is 0 Å². The van der Waals surface area contributed by atoms with Crippen LogP contribution >= 0.6 is 11.3 Å². The van der Waals surface area contributed by atoms with Crippen LogP contribution in [0, 0.1) is 0 Å². The van der Waals surface area contributed by atoms with Gasteiger partial charge >= 0.3 is 6.03 Å². The van der Waals surface area contributed by atoms with E-state index in [0.717, 1.165) is 6.42 Å². The number of aliphatic hydroxyl groups is 1. The van der Waals surface area contributed by atoms with Crippen molar-refractivity contribution in [3.05, 3.63) is 52.7 Å². The second-order valence-electron chi connectivity index (χ2n) is 5.97. The average molecular weight is 359 g/mol. The second kappa shape index (κ2) is 8.13. The van der Waals surface area contributed by atoms with Gasteiger partial charge in [-0.25, -0.2) is 4.79 Å². The molecule has 1 aromatic heterocycles. The van der Waals surface area contributed by atoms with Crippen LogP contribution < -0.4 is 10.6 Å². The highest BCUT2D eigenvalue weighted by atomic mass is 32.1. The molecule has 1 aromatic carbocycles. The standard InChI is InChI=1S/C18H21N3O3S/c22-14-11-16(17(23)19-9-8-15-7-4-10-25-15)21(12-14)18(24)20-13-5-2-1-3-6-13/h1-7,10,14,16,22H,8-9,11-12H2,(H,19,23)(H,20,24)/t14-,16+/m0/s1. The summed E-state index contributed by atoms with van der Waals surface area (Å²) in [4.78, 5) is 27.5. The molecule has 1 aliphatic heterocycles. The first kappa shape index (κ1) is 17.4. The van der Waals surface area contributed by atoms with Crippen LogP contribution in [-0.2, 0) is 11.2 Å². The third-order valence-corrected chi connectivity index (χ3v) is 5.05. The average Bonchev–Trinajstić information content (AvgIpc) is 3.25. The number of para-hydroxylation sites is 1. The predicted molar refractivity (Wildman–Crippen MR) is 97.6 cm³/mol. The summed E-state index contributed by atoms with van der Waals surface area (Å²) in [6.07, 6.45) is 0.330. The van der Waals surface area contributed by atoms with Crippen molar-refractivity contribution in [2.24, 2.45) is 0 Å². The molecule has 2 atom stereocenters. The maximum Gasteiger partial charge on any atom is 0.322 e. The Balaban J connectivity index is 1.56. The molecule has 2 aromatic rings. The third kappa shape index (κ3) is 4.58. The zero-order chi connectivity index (χ0) is 17.6. The van der Waals surface area contributed by atoms with Gasteiger partial charge in [0.05, 0.1) is 6.10 Å². The first-order valence-corrected chi connectivity index (χ1v) is 9.12. The maximum absolute atomic E-state index is 12.5. The first-order valence-electron chi connectivity index (χ1n) is 8.24. The monoisotopic (exact) mass is 359 g/mol. The second-order valence-corrected chi connectivity index (χ2v) is 7.01. The van der Waals surface area contributed by atoms with Gasteiger partial charge in [0, 0.05) is 30.1 Å². The molecule has 132 valence electrons. The number of carbonyl (C=O) groups is 2. The molecular weight excluding hydrogens is 338 g/mol. The molecule has 1 saturated heterocycles. The van der Waals surface area contributed by atoms with E-state index >= 15 is 0 Å². The lowest BCUT2D eigenvalue weighted by molar-refractivity contribution is -0.124. The third-order valence-electron chi connectivity index (χ3n) is 4.12. The molecule has 6 nitrogen and oxygen atoms in total. The molecule has 25 heavy (non-hydrogen) atoms. The number of anilines is 1. The minimum absolute atomic E-state index is 0.154. The number of urea groups is 1. The van der Waals surface area contributed by atoms with Gasteiger partial charge in [-0.3, -0.25) is 4.79 Å². The Kier molecular flexibility index (Phi) is 5.67. The molecule has 0 aliphatic carbocycles. The first-order chi connectivity index (χ1) is 12.1. The minimum Gasteiger partial charge on any atom is -0.391 e. The molecule has 0 unspecified atom stereocenters. The van der Waals surface area contributed by atoms with E-state index in [1.807, 2.05) is 35.7 Å². The number of rotatable bonds is 5. The Morgan fingerprint density at radius 1 is 1.20 bits per heavy atom. The number of nitrogens with one attached hydrogen (secondary N) is 2. The number of β-amino-alcohol motifs (C(OH)–C–C–N with tert-alkyl or cyclic N) is 1. The topological polar surface area (TPSA) is 81.7 Å². The normalized spacial score (nSPS) is 19.6. The Morgan fingerprint density at radius 2 is 2.00 bits per heavy atom. The fourth-order valence-electron chi connectivity index (χ4n) is 2.89. The molecule has 0 radical (unpaired) electrons. The fourth-order valence-corrected chi connectivity index (χ4v) is 3.59. The van der Waals surface area contributed by atoms with Crippen LogP contribution in [0.25, 0.3) is 0 Å². The van der Waals surface area contributed by atoms with Crippen LogP contribution in [0.3, 0.4) is 0 Å². The zero-order valence-electron chi connectivity index (χ0n) is 13.7. The van der Waals surface area contributed by atoms with Crippen molar-refractivity contribution in [3.8, 4) is 0 Å². The summed E-state index contributed by atoms with van der Waals surface area (Å²) in [7, 11) is 0. The van der Waals surface area contributed by atoms with Gasteiger partial charge in [0.2, 0.25) is 5.91 Å². The van der Waals surface area contributed by atoms with Gasteiger partial charge in [0.1, 0.15) is 6.04 Å². The fraction of sp³-hybridized carbons (Fsp3) is 0.333. The van der Waals surface area contributed by atoms with Crippen LogP contribution in [0.5, 0.6) is 0 Å². The number of hydrogen-bond donors (Lipinski definition) is 3. The zero-order valence-corrected chi connectivity index (χ0v) is 14.5. The van der Waals surface area contributed by atoms with Gasteiger partial charge in [0.25, 0.3) is 0 Å². The molecule has 0 spiro atoms. The molecule has 3 N–H and O–H groups in total. The van der Waals surface area contributed by atoms with Crippen molar-refractivity contribution in [3.63, 3.8) is 0 Å². The molecular formula is C18H21N3O3S. The van der Waals surface area contributed by atoms with Crippen LogP contribution in [0.4, 0.5) is 10.5 Å². The lowest BCUT2D eigenvalue weighted by Gasteiger charge is -2.24. The smallest absolute Gasteiger partial charge is 0.322 e. The number of aliphatic hydroxyl groups excluding tert-OH is 1. The van der Waals surface area contributed by atoms with Crippen LogP contribution in [0.15, 0.2) is 47.8 Å². The lowest BCUT2D eigenvalue weighted by atomic mass is 10.2. The summed E-state index contributed by atoms with van der Waals surface area (Å²) in [5, 5.41) is 17.5. The summed E-state index contributed by atoms with van der Waals surface area (Å²) in [6, 6.07) is 12.0. The minimum atomic E-state index is -0.686. The van der Waals surface area contributed by atoms with Crippen LogP contribution in [0.2, 0.25) is 0 Å². The highest BCUT2D eigenvalue weighted by Crippen LogP contribution is 2.20. The number of amides is 3. The van der Waals surface area contributed by atoms with E-state index < -0.39 is 12.1 Å². The van der Waals surface area contributed by atoms with Crippen LogP contribution in [-0.4, -0.2) is 47.2 Å². The number of carbonyl (C=O) groups excluding carboxylic acids is 2. The number of nitrogens with zero attached hydrogens (tertiary/aromatic N) is 1. The van der Waals surface area contributed by atoms with Gasteiger partial charge < -0.3 is 20.6 Å². The van der Waals surface area contributed by atoms with Gasteiger partial charge in [-0.05, 0) is 30.0 Å². The number of likely N-dealkylation sites (tertiary alicyclic amines) is 1. The molecule has 1 aliphatic rings. The van der Waals surface area contributed by atoms with Crippen molar-refractivity contribution in [1.82, 2.24) is 10.2 Å². The molecule has 3 amide bonds. The summed E-state index contributed by atoms with van der Waals surface area (Å²) in [5.74, 6) is -0.226. The molecule has 7 heteroatoms. The number of benzene rings is 1. The van der Waals surface area contributed by atoms with Crippen molar-refractivity contribution < 1.29 is 14.7 Å². The van der Waals surface area contributed by atoms with Gasteiger partial charge in [-0.15, -0.1) is 11.3 Å². The highest BCUT2D eigenvalue weighted by Gasteiger charge is 2.38. The Bertz CT molecular complexity index is 706. The molecule has 0 bridgehead atoms. The maximum atomic E-state index is 12.5. The van der Waals surface area contributed by atoms with Crippen molar-refractivity contribution in [1.29, 1.82) is 0 Å². The van der Waals surface area contributed by atoms with E-state index in [-0.39, 0.29) is 24.9 Å². The summed E-state index contributed by atoms with van der Waals surface area (Å²) in [6.45, 7) is 0.668. The molecule has 1 fully saturated rings. The molecule has 3 rings (SSSR count). The number of hydrogen-bond acceptors (Lipinski definition) is 4. The van der Waals surface area contributed by atoms with Crippen molar-refractivity contribution >= 4 is 29.0 Å². The Morgan fingerprint density at radius 3 is 2.72 bits per heavy atom. The van der Waals surface area contributed by atoms with E-state index in [9.17, 15) is 14.7 Å². The van der Waals surface area contributed by atoms with E-state index in [0.29, 0.717) is 12.2 Å². The lowest BCUT2D eigenvalue weighted by Crippen LogP contribution is -2.47. The summed E-state index contributed by atoms with van der Waals surface area (Å²) >= 11 is 1.65. The van der Waals surface area contributed by atoms with Gasteiger partial charge in [0.15, 0.2) is 0 Å². The number of thiophene rings is 1. The summed E-state index contributed by atoms with van der Waals surface area (Å²) < 4.78 is 0. The van der Waals surface area contributed by atoms with Gasteiger partial charge in [-0.1, -0.05) is 24.3 Å². The molecule has 0 saturated carbocycles. The summed E-state index contributed by atoms with van der Waals surface area (Å²) in [5.41, 5.74) is 0.658. The predicted octanol–water partition coefficient (Wildman–Crippen LogP) is 2.07. The molecule has 2 heterocycles. The van der Waals surface area contributed by atoms with Crippen molar-refractivity contribution in [2.75, 3.05) is 18.4 Å². The van der Waals surface area contributed by atoms with E-state index in [1.54, 1.807) is 23.5 Å². The Hall–Kier alpha value is -2.38. The quantitative estimate of drug-likeness (QED) is 0.764.